The summed E-state index contributed by atoms with van der Waals surface area (Å²) in [5.41, 5.74) is 9.60. The SMILES string of the molecule is CC1=C(N=C(N)/C(C)=C(\N)C(F)(F)F)CC(C)(C)CC1=O. The lowest BCUT2D eigenvalue weighted by molar-refractivity contribution is -0.118. The van der Waals surface area contributed by atoms with Gasteiger partial charge in [0, 0.05) is 23.3 Å². The molecule has 0 aromatic rings. The van der Waals surface area contributed by atoms with Gasteiger partial charge in [0.15, 0.2) is 5.78 Å². The van der Waals surface area contributed by atoms with Gasteiger partial charge in [0.2, 0.25) is 0 Å². The minimum Gasteiger partial charge on any atom is -0.394 e. The zero-order valence-corrected chi connectivity index (χ0v) is 12.6. The average Bonchev–Trinajstić information content (AvgIpc) is 2.31. The number of ketones is 1. The molecule has 1 aliphatic carbocycles. The van der Waals surface area contributed by atoms with Crippen LogP contribution >= 0.6 is 0 Å². The molecule has 0 heterocycles. The van der Waals surface area contributed by atoms with Gasteiger partial charge in [0.05, 0.1) is 0 Å². The highest BCUT2D eigenvalue weighted by Crippen LogP contribution is 2.37. The molecule has 118 valence electrons. The van der Waals surface area contributed by atoms with Crippen LogP contribution in [0.1, 0.15) is 40.5 Å². The van der Waals surface area contributed by atoms with Crippen LogP contribution in [0, 0.1) is 5.41 Å². The van der Waals surface area contributed by atoms with E-state index in [0.717, 1.165) is 6.92 Å². The van der Waals surface area contributed by atoms with Gasteiger partial charge in [-0.15, -0.1) is 0 Å². The lowest BCUT2D eigenvalue weighted by Crippen LogP contribution is -2.28. The number of rotatable bonds is 2. The zero-order valence-electron chi connectivity index (χ0n) is 12.6. The largest absolute Gasteiger partial charge is 0.431 e. The summed E-state index contributed by atoms with van der Waals surface area (Å²) in [6.07, 6.45) is -3.79. The second kappa shape index (κ2) is 5.54. The second-order valence-corrected chi connectivity index (χ2v) is 6.05. The molecule has 0 bridgehead atoms. The Bertz CT molecular complexity index is 554. The van der Waals surface area contributed by atoms with E-state index in [1.807, 2.05) is 13.8 Å². The van der Waals surface area contributed by atoms with Crippen LogP contribution in [0.4, 0.5) is 13.2 Å². The number of halogens is 3. The zero-order chi connectivity index (χ0) is 16.6. The van der Waals surface area contributed by atoms with E-state index in [9.17, 15) is 18.0 Å². The molecule has 0 aliphatic heterocycles. The summed E-state index contributed by atoms with van der Waals surface area (Å²) >= 11 is 0. The molecule has 4 N–H and O–H groups in total. The second-order valence-electron chi connectivity index (χ2n) is 6.05. The lowest BCUT2D eigenvalue weighted by atomic mass is 9.76. The van der Waals surface area contributed by atoms with Crippen molar-refractivity contribution in [2.45, 2.75) is 46.7 Å². The molecule has 0 fully saturated rings. The van der Waals surface area contributed by atoms with Gasteiger partial charge in [0.1, 0.15) is 11.5 Å². The fraction of sp³-hybridized carbons (Fsp3) is 0.571. The molecule has 0 radical (unpaired) electrons. The van der Waals surface area contributed by atoms with Crippen molar-refractivity contribution in [3.63, 3.8) is 0 Å². The van der Waals surface area contributed by atoms with Crippen LogP contribution in [0.3, 0.4) is 0 Å². The topological polar surface area (TPSA) is 81.5 Å². The Labute approximate surface area is 121 Å². The van der Waals surface area contributed by atoms with Gasteiger partial charge < -0.3 is 11.5 Å². The number of alkyl halides is 3. The molecule has 1 rings (SSSR count). The van der Waals surface area contributed by atoms with Crippen LogP contribution in [-0.2, 0) is 4.79 Å². The first-order valence-corrected chi connectivity index (χ1v) is 6.46. The molecule has 0 unspecified atom stereocenters. The van der Waals surface area contributed by atoms with Gasteiger partial charge in [-0.05, 0) is 25.7 Å². The maximum atomic E-state index is 12.5. The molecule has 7 heteroatoms. The van der Waals surface area contributed by atoms with E-state index in [-0.39, 0.29) is 22.6 Å². The number of hydrogen-bond donors (Lipinski definition) is 2. The summed E-state index contributed by atoms with van der Waals surface area (Å²) in [4.78, 5) is 15.9. The summed E-state index contributed by atoms with van der Waals surface area (Å²) in [6.45, 7) is 6.56. The van der Waals surface area contributed by atoms with Crippen molar-refractivity contribution in [1.82, 2.24) is 0 Å². The Morgan fingerprint density at radius 3 is 2.24 bits per heavy atom. The van der Waals surface area contributed by atoms with Crippen LogP contribution in [-0.4, -0.2) is 17.8 Å². The number of aliphatic imine (C=N–C) groups is 1. The molecule has 0 aromatic carbocycles. The Morgan fingerprint density at radius 2 is 1.76 bits per heavy atom. The molecule has 0 aromatic heterocycles. The molecule has 0 saturated carbocycles. The monoisotopic (exact) mass is 303 g/mol. The van der Waals surface area contributed by atoms with Crippen molar-refractivity contribution >= 4 is 11.6 Å². The number of carbonyl (C=O) groups is 1. The van der Waals surface area contributed by atoms with E-state index in [0.29, 0.717) is 24.1 Å². The van der Waals surface area contributed by atoms with Gasteiger partial charge in [-0.3, -0.25) is 4.79 Å². The minimum atomic E-state index is -4.66. The van der Waals surface area contributed by atoms with Crippen molar-refractivity contribution in [2.24, 2.45) is 21.9 Å². The highest BCUT2D eigenvalue weighted by Gasteiger charge is 2.34. The molecule has 21 heavy (non-hydrogen) atoms. The Morgan fingerprint density at radius 1 is 1.24 bits per heavy atom. The fourth-order valence-corrected chi connectivity index (χ4v) is 2.08. The third-order valence-corrected chi connectivity index (χ3v) is 3.49. The molecular formula is C14H20F3N3O. The van der Waals surface area contributed by atoms with Gasteiger partial charge in [-0.25, -0.2) is 4.99 Å². The Kier molecular flexibility index (Phi) is 4.55. The van der Waals surface area contributed by atoms with E-state index in [4.69, 9.17) is 11.5 Å². The van der Waals surface area contributed by atoms with Gasteiger partial charge >= 0.3 is 6.18 Å². The summed E-state index contributed by atoms with van der Waals surface area (Å²) < 4.78 is 37.6. The highest BCUT2D eigenvalue weighted by molar-refractivity contribution is 6.00. The standard InChI is InChI=1S/C14H20F3N3O/c1-7-9(5-13(3,4)6-10(7)21)20-12(19)8(2)11(18)14(15,16)17/h5-6,18H2,1-4H3,(H2,19,20)/b11-8-. The first-order valence-electron chi connectivity index (χ1n) is 6.46. The number of nitrogens with two attached hydrogens (primary N) is 2. The van der Waals surface area contributed by atoms with Crippen molar-refractivity contribution < 1.29 is 18.0 Å². The van der Waals surface area contributed by atoms with Crippen molar-refractivity contribution in [2.75, 3.05) is 0 Å². The smallest absolute Gasteiger partial charge is 0.394 e. The summed E-state index contributed by atoms with van der Waals surface area (Å²) in [5, 5.41) is 0. The van der Waals surface area contributed by atoms with Crippen molar-refractivity contribution in [3.05, 3.63) is 22.5 Å². The molecular weight excluding hydrogens is 283 g/mol. The number of hydrogen-bond acceptors (Lipinski definition) is 3. The van der Waals surface area contributed by atoms with Gasteiger partial charge in [0.25, 0.3) is 0 Å². The van der Waals surface area contributed by atoms with Gasteiger partial charge in [-0.2, -0.15) is 13.2 Å². The first-order chi connectivity index (χ1) is 9.35. The quantitative estimate of drug-likeness (QED) is 0.608. The molecule has 0 atom stereocenters. The third kappa shape index (κ3) is 4.09. The summed E-state index contributed by atoms with van der Waals surface area (Å²) in [5.74, 6) is -0.382. The molecule has 1 aliphatic rings. The number of Topliss-reactive ketones (excluding diaryl/α,β-unsaturated/α-hetero) is 1. The van der Waals surface area contributed by atoms with Crippen molar-refractivity contribution in [1.29, 1.82) is 0 Å². The predicted octanol–water partition coefficient (Wildman–Crippen LogP) is 2.80. The van der Waals surface area contributed by atoms with Crippen LogP contribution in [0.25, 0.3) is 0 Å². The maximum Gasteiger partial charge on any atom is 0.431 e. The lowest BCUT2D eigenvalue weighted by Gasteiger charge is -2.29. The average molecular weight is 303 g/mol. The van der Waals surface area contributed by atoms with E-state index >= 15 is 0 Å². The first kappa shape index (κ1) is 17.3. The fourth-order valence-electron chi connectivity index (χ4n) is 2.08. The Balaban J connectivity index is 3.24. The molecule has 4 nitrogen and oxygen atoms in total. The minimum absolute atomic E-state index is 0.0665. The number of allylic oxidation sites excluding steroid dienone is 3. The van der Waals surface area contributed by atoms with Crippen LogP contribution in [0.5, 0.6) is 0 Å². The van der Waals surface area contributed by atoms with E-state index < -0.39 is 11.9 Å². The number of nitrogens with zero attached hydrogens (tertiary/aromatic N) is 1. The normalized spacial score (nSPS) is 21.5. The van der Waals surface area contributed by atoms with E-state index in [1.165, 1.54) is 0 Å². The number of carbonyl (C=O) groups excluding carboxylic acids is 1. The molecule has 0 amide bonds. The predicted molar refractivity (Wildman–Crippen MR) is 75.3 cm³/mol. The summed E-state index contributed by atoms with van der Waals surface area (Å²) in [6, 6.07) is 0. The van der Waals surface area contributed by atoms with E-state index in [1.54, 1.807) is 6.92 Å². The summed E-state index contributed by atoms with van der Waals surface area (Å²) in [7, 11) is 0. The van der Waals surface area contributed by atoms with Crippen LogP contribution in [0.15, 0.2) is 27.5 Å². The van der Waals surface area contributed by atoms with Crippen molar-refractivity contribution in [3.8, 4) is 0 Å². The molecule has 0 saturated heterocycles. The Hall–Kier alpha value is -1.79. The third-order valence-electron chi connectivity index (χ3n) is 3.49. The molecule has 0 spiro atoms. The van der Waals surface area contributed by atoms with Gasteiger partial charge in [-0.1, -0.05) is 13.8 Å². The number of amidine groups is 1. The van der Waals surface area contributed by atoms with Crippen LogP contribution in [0.2, 0.25) is 0 Å². The maximum absolute atomic E-state index is 12.5. The highest BCUT2D eigenvalue weighted by atomic mass is 19.4. The van der Waals surface area contributed by atoms with E-state index in [2.05, 4.69) is 4.99 Å². The van der Waals surface area contributed by atoms with Crippen LogP contribution < -0.4 is 11.5 Å².